The minimum atomic E-state index is 0.508. The molecule has 4 heteroatoms. The maximum absolute atomic E-state index is 5.38. The fourth-order valence-corrected chi connectivity index (χ4v) is 0.829. The van der Waals surface area contributed by atoms with Crippen molar-refractivity contribution in [2.75, 3.05) is 0 Å². The Morgan fingerprint density at radius 1 is 1.73 bits per heavy atom. The lowest BCUT2D eigenvalue weighted by Gasteiger charge is -1.96. The molecule has 1 heterocycles. The van der Waals surface area contributed by atoms with Gasteiger partial charge in [0.15, 0.2) is 0 Å². The molecular formula is C7H9N3S. The van der Waals surface area contributed by atoms with Crippen LogP contribution >= 0.6 is 12.6 Å². The fourth-order valence-electron chi connectivity index (χ4n) is 0.655. The second kappa shape index (κ2) is 3.39. The first kappa shape index (κ1) is 8.07. The van der Waals surface area contributed by atoms with E-state index in [1.807, 2.05) is 0 Å². The van der Waals surface area contributed by atoms with Crippen LogP contribution in [0.15, 0.2) is 28.3 Å². The van der Waals surface area contributed by atoms with Crippen LogP contribution in [0, 0.1) is 0 Å². The molecule has 0 spiro atoms. The number of hydrogen-bond acceptors (Lipinski definition) is 3. The first-order valence-electron chi connectivity index (χ1n) is 3.14. The normalized spacial score (nSPS) is 11.6. The lowest BCUT2D eigenvalue weighted by molar-refractivity contribution is 1.23. The van der Waals surface area contributed by atoms with E-state index in [1.54, 1.807) is 25.4 Å². The van der Waals surface area contributed by atoms with Crippen LogP contribution < -0.4 is 5.73 Å². The molecule has 0 radical (unpaired) electrons. The minimum Gasteiger partial charge on any atom is -0.387 e. The summed E-state index contributed by atoms with van der Waals surface area (Å²) in [7, 11) is 0. The molecule has 0 aliphatic heterocycles. The van der Waals surface area contributed by atoms with Crippen LogP contribution in [0.2, 0.25) is 0 Å². The van der Waals surface area contributed by atoms with Gasteiger partial charge in [-0.1, -0.05) is 0 Å². The molecule has 0 saturated heterocycles. The molecule has 58 valence electrons. The molecule has 0 aromatic carbocycles. The fraction of sp³-hybridized carbons (Fsp3) is 0.143. The summed E-state index contributed by atoms with van der Waals surface area (Å²) in [6, 6.07) is 1.77. The highest BCUT2D eigenvalue weighted by molar-refractivity contribution is 7.80. The van der Waals surface area contributed by atoms with Crippen LogP contribution in [0.4, 0.5) is 5.69 Å². The summed E-state index contributed by atoms with van der Waals surface area (Å²) in [5.41, 5.74) is 6.09. The molecule has 0 unspecified atom stereocenters. The van der Waals surface area contributed by atoms with Gasteiger partial charge in [0, 0.05) is 11.1 Å². The van der Waals surface area contributed by atoms with E-state index in [0.717, 1.165) is 4.90 Å². The molecular weight excluding hydrogens is 158 g/mol. The Hall–Kier alpha value is -1.03. The van der Waals surface area contributed by atoms with Gasteiger partial charge in [-0.3, -0.25) is 4.98 Å². The zero-order chi connectivity index (χ0) is 8.27. The molecule has 0 atom stereocenters. The van der Waals surface area contributed by atoms with Crippen LogP contribution in [0.5, 0.6) is 0 Å². The number of amidine groups is 1. The van der Waals surface area contributed by atoms with Gasteiger partial charge in [-0.05, 0) is 13.0 Å². The Morgan fingerprint density at radius 2 is 2.45 bits per heavy atom. The first-order valence-corrected chi connectivity index (χ1v) is 3.58. The van der Waals surface area contributed by atoms with E-state index < -0.39 is 0 Å². The van der Waals surface area contributed by atoms with Gasteiger partial charge in [0.2, 0.25) is 0 Å². The van der Waals surface area contributed by atoms with E-state index in [1.165, 1.54) is 0 Å². The van der Waals surface area contributed by atoms with Gasteiger partial charge < -0.3 is 5.73 Å². The van der Waals surface area contributed by atoms with E-state index in [2.05, 4.69) is 22.6 Å². The third-order valence-corrected chi connectivity index (χ3v) is 1.45. The first-order chi connectivity index (χ1) is 5.20. The van der Waals surface area contributed by atoms with Gasteiger partial charge in [0.05, 0.1) is 17.7 Å². The standard InChI is InChI=1S/C7H9N3S/c1-5(8)10-6-4-9-3-2-7(6)11/h2-4H,1H3,(H2,8,10)(H,9,11). The molecule has 2 N–H and O–H groups in total. The number of nitrogens with two attached hydrogens (primary N) is 1. The smallest absolute Gasteiger partial charge is 0.0966 e. The van der Waals surface area contributed by atoms with E-state index in [0.29, 0.717) is 11.5 Å². The molecule has 0 saturated carbocycles. The third-order valence-electron chi connectivity index (χ3n) is 1.07. The summed E-state index contributed by atoms with van der Waals surface area (Å²) < 4.78 is 0. The summed E-state index contributed by atoms with van der Waals surface area (Å²) >= 11 is 4.17. The zero-order valence-electron chi connectivity index (χ0n) is 6.15. The molecule has 1 aromatic heterocycles. The van der Waals surface area contributed by atoms with Crippen molar-refractivity contribution < 1.29 is 0 Å². The Kier molecular flexibility index (Phi) is 2.48. The van der Waals surface area contributed by atoms with Crippen molar-refractivity contribution in [3.05, 3.63) is 18.5 Å². The van der Waals surface area contributed by atoms with Crippen molar-refractivity contribution >= 4 is 24.2 Å². The quantitative estimate of drug-likeness (QED) is 0.377. The second-order valence-electron chi connectivity index (χ2n) is 2.12. The van der Waals surface area contributed by atoms with Crippen LogP contribution in [0.3, 0.4) is 0 Å². The number of nitrogens with zero attached hydrogens (tertiary/aromatic N) is 2. The van der Waals surface area contributed by atoms with Gasteiger partial charge in [-0.15, -0.1) is 12.6 Å². The highest BCUT2D eigenvalue weighted by atomic mass is 32.1. The largest absolute Gasteiger partial charge is 0.387 e. The predicted octanol–water partition coefficient (Wildman–Crippen LogP) is 1.38. The van der Waals surface area contributed by atoms with Crippen LogP contribution in [0.25, 0.3) is 0 Å². The molecule has 11 heavy (non-hydrogen) atoms. The maximum Gasteiger partial charge on any atom is 0.0966 e. The Labute approximate surface area is 70.8 Å². The van der Waals surface area contributed by atoms with E-state index in [4.69, 9.17) is 5.73 Å². The molecule has 1 rings (SSSR count). The number of aliphatic imine (C=N–C) groups is 1. The van der Waals surface area contributed by atoms with Gasteiger partial charge in [0.1, 0.15) is 0 Å². The van der Waals surface area contributed by atoms with Crippen molar-refractivity contribution in [2.24, 2.45) is 10.7 Å². The summed E-state index contributed by atoms with van der Waals surface area (Å²) in [6.45, 7) is 1.72. The Balaban J connectivity index is 3.04. The van der Waals surface area contributed by atoms with Crippen LogP contribution in [-0.2, 0) is 0 Å². The average molecular weight is 167 g/mol. The zero-order valence-corrected chi connectivity index (χ0v) is 7.05. The summed E-state index contributed by atoms with van der Waals surface area (Å²) in [5.74, 6) is 0.508. The molecule has 0 fully saturated rings. The van der Waals surface area contributed by atoms with Crippen LogP contribution in [0.1, 0.15) is 6.92 Å². The average Bonchev–Trinajstić information content (AvgIpc) is 1.93. The van der Waals surface area contributed by atoms with Gasteiger partial charge in [0.25, 0.3) is 0 Å². The Morgan fingerprint density at radius 3 is 3.00 bits per heavy atom. The highest BCUT2D eigenvalue weighted by Crippen LogP contribution is 2.19. The summed E-state index contributed by atoms with van der Waals surface area (Å²) in [5, 5.41) is 0. The van der Waals surface area contributed by atoms with Gasteiger partial charge in [-0.2, -0.15) is 0 Å². The second-order valence-corrected chi connectivity index (χ2v) is 2.60. The SMILES string of the molecule is C/C(N)=N/c1cnccc1S. The van der Waals surface area contributed by atoms with Gasteiger partial charge in [-0.25, -0.2) is 4.99 Å². The third kappa shape index (κ3) is 2.23. The lowest BCUT2D eigenvalue weighted by Crippen LogP contribution is -2.03. The van der Waals surface area contributed by atoms with E-state index >= 15 is 0 Å². The molecule has 0 aliphatic rings. The lowest BCUT2D eigenvalue weighted by atomic mass is 10.4. The number of thiol groups is 1. The molecule has 1 aromatic rings. The van der Waals surface area contributed by atoms with E-state index in [9.17, 15) is 0 Å². The number of rotatable bonds is 1. The maximum atomic E-state index is 5.38. The number of hydrogen-bond donors (Lipinski definition) is 2. The minimum absolute atomic E-state index is 0.508. The molecule has 0 bridgehead atoms. The van der Waals surface area contributed by atoms with Crippen molar-refractivity contribution in [3.8, 4) is 0 Å². The predicted molar refractivity (Wildman–Crippen MR) is 48.4 cm³/mol. The van der Waals surface area contributed by atoms with E-state index in [-0.39, 0.29) is 0 Å². The van der Waals surface area contributed by atoms with Crippen molar-refractivity contribution in [1.29, 1.82) is 0 Å². The summed E-state index contributed by atoms with van der Waals surface area (Å²) in [4.78, 5) is 8.68. The number of pyridine rings is 1. The van der Waals surface area contributed by atoms with Gasteiger partial charge >= 0.3 is 0 Å². The topological polar surface area (TPSA) is 51.3 Å². The highest BCUT2D eigenvalue weighted by Gasteiger charge is 1.93. The van der Waals surface area contributed by atoms with Crippen LogP contribution in [-0.4, -0.2) is 10.8 Å². The number of aromatic nitrogens is 1. The Bertz CT molecular complexity index is 279. The van der Waals surface area contributed by atoms with Crippen molar-refractivity contribution in [1.82, 2.24) is 4.98 Å². The molecule has 3 nitrogen and oxygen atoms in total. The van der Waals surface area contributed by atoms with Crippen molar-refractivity contribution in [3.63, 3.8) is 0 Å². The summed E-state index contributed by atoms with van der Waals surface area (Å²) in [6.07, 6.45) is 3.28. The molecule has 0 amide bonds. The van der Waals surface area contributed by atoms with Crippen molar-refractivity contribution in [2.45, 2.75) is 11.8 Å². The monoisotopic (exact) mass is 167 g/mol. The molecule has 0 aliphatic carbocycles.